The summed E-state index contributed by atoms with van der Waals surface area (Å²) in [6, 6.07) is 6.83. The van der Waals surface area contributed by atoms with Gasteiger partial charge in [0.1, 0.15) is 0 Å². The van der Waals surface area contributed by atoms with Crippen molar-refractivity contribution in [2.24, 2.45) is 0 Å². The lowest BCUT2D eigenvalue weighted by atomic mass is 10.0. The van der Waals surface area contributed by atoms with Crippen LogP contribution in [0.4, 0.5) is 0 Å². The summed E-state index contributed by atoms with van der Waals surface area (Å²) in [6.45, 7) is 3.84. The third-order valence-corrected chi connectivity index (χ3v) is 3.75. The molecule has 1 aliphatic rings. The normalized spacial score (nSPS) is 18.8. The first-order valence-corrected chi connectivity index (χ1v) is 6.78. The van der Waals surface area contributed by atoms with Crippen LogP contribution in [0.3, 0.4) is 0 Å². The summed E-state index contributed by atoms with van der Waals surface area (Å²) < 4.78 is 5.36. The maximum atomic E-state index is 11.2. The van der Waals surface area contributed by atoms with Gasteiger partial charge in [0, 0.05) is 25.3 Å². The molecule has 0 amide bonds. The molecule has 1 aromatic heterocycles. The standard InChI is InChI=1S/C14H19N3O2/c1-9(15-11-4-6-19-7-5-11)10-2-3-12-13(8-10)17-14(18)16-12/h2-3,8-9,11,15H,4-7H2,1H3,(H2,16,17,18). The molecule has 0 bridgehead atoms. The molecule has 5 heteroatoms. The number of benzene rings is 1. The first kappa shape index (κ1) is 12.4. The lowest BCUT2D eigenvalue weighted by Gasteiger charge is -2.27. The van der Waals surface area contributed by atoms with Gasteiger partial charge in [0.2, 0.25) is 0 Å². The highest BCUT2D eigenvalue weighted by atomic mass is 16.5. The number of H-pyrrole nitrogens is 2. The topological polar surface area (TPSA) is 69.9 Å². The number of aromatic amines is 2. The lowest BCUT2D eigenvalue weighted by Crippen LogP contribution is -2.36. The summed E-state index contributed by atoms with van der Waals surface area (Å²) >= 11 is 0. The Kier molecular flexibility index (Phi) is 3.40. The van der Waals surface area contributed by atoms with E-state index >= 15 is 0 Å². The van der Waals surface area contributed by atoms with E-state index in [2.05, 4.69) is 28.3 Å². The fourth-order valence-corrected chi connectivity index (χ4v) is 2.63. The van der Waals surface area contributed by atoms with Crippen LogP contribution in [-0.4, -0.2) is 29.2 Å². The number of ether oxygens (including phenoxy) is 1. The van der Waals surface area contributed by atoms with E-state index in [0.29, 0.717) is 6.04 Å². The smallest absolute Gasteiger partial charge is 0.323 e. The van der Waals surface area contributed by atoms with E-state index in [1.807, 2.05) is 12.1 Å². The van der Waals surface area contributed by atoms with Crippen LogP contribution in [0.15, 0.2) is 23.0 Å². The maximum absolute atomic E-state index is 11.2. The van der Waals surface area contributed by atoms with Crippen LogP contribution in [0.1, 0.15) is 31.4 Å². The van der Waals surface area contributed by atoms with Crippen molar-refractivity contribution in [3.63, 3.8) is 0 Å². The van der Waals surface area contributed by atoms with E-state index in [1.165, 1.54) is 5.56 Å². The molecule has 1 atom stereocenters. The Morgan fingerprint density at radius 2 is 2.00 bits per heavy atom. The zero-order chi connectivity index (χ0) is 13.2. The van der Waals surface area contributed by atoms with Gasteiger partial charge in [-0.15, -0.1) is 0 Å². The summed E-state index contributed by atoms with van der Waals surface area (Å²) in [5.41, 5.74) is 2.75. The number of hydrogen-bond donors (Lipinski definition) is 3. The largest absolute Gasteiger partial charge is 0.381 e. The van der Waals surface area contributed by atoms with Gasteiger partial charge < -0.3 is 20.0 Å². The molecule has 0 aliphatic carbocycles. The minimum absolute atomic E-state index is 0.155. The molecule has 1 unspecified atom stereocenters. The van der Waals surface area contributed by atoms with Crippen LogP contribution < -0.4 is 11.0 Å². The first-order chi connectivity index (χ1) is 9.22. The average molecular weight is 261 g/mol. The van der Waals surface area contributed by atoms with Crippen LogP contribution >= 0.6 is 0 Å². The van der Waals surface area contributed by atoms with Crippen LogP contribution in [0.5, 0.6) is 0 Å². The number of fused-ring (bicyclic) bond motifs is 1. The summed E-state index contributed by atoms with van der Waals surface area (Å²) in [5.74, 6) is 0. The third kappa shape index (κ3) is 2.72. The highest BCUT2D eigenvalue weighted by Gasteiger charge is 2.16. The Balaban J connectivity index is 1.76. The average Bonchev–Trinajstić information content (AvgIpc) is 2.78. The second-order valence-electron chi connectivity index (χ2n) is 5.16. The van der Waals surface area contributed by atoms with Gasteiger partial charge >= 0.3 is 5.69 Å². The molecule has 1 aliphatic heterocycles. The molecule has 19 heavy (non-hydrogen) atoms. The van der Waals surface area contributed by atoms with E-state index in [1.54, 1.807) is 0 Å². The molecule has 0 saturated carbocycles. The molecule has 1 aromatic carbocycles. The van der Waals surface area contributed by atoms with Crippen LogP contribution in [0, 0.1) is 0 Å². The van der Waals surface area contributed by atoms with Crippen molar-refractivity contribution in [2.75, 3.05) is 13.2 Å². The van der Waals surface area contributed by atoms with Crippen molar-refractivity contribution in [1.82, 2.24) is 15.3 Å². The SMILES string of the molecule is CC(NC1CCOCC1)c1ccc2[nH]c(=O)[nH]c2c1. The monoisotopic (exact) mass is 261 g/mol. The van der Waals surface area contributed by atoms with E-state index < -0.39 is 0 Å². The molecule has 0 spiro atoms. The first-order valence-electron chi connectivity index (χ1n) is 6.78. The minimum atomic E-state index is -0.155. The third-order valence-electron chi connectivity index (χ3n) is 3.75. The van der Waals surface area contributed by atoms with E-state index in [9.17, 15) is 4.79 Å². The van der Waals surface area contributed by atoms with Crippen LogP contribution in [0.2, 0.25) is 0 Å². The van der Waals surface area contributed by atoms with Gasteiger partial charge in [-0.3, -0.25) is 0 Å². The molecule has 2 aromatic rings. The van der Waals surface area contributed by atoms with Crippen molar-refractivity contribution in [1.29, 1.82) is 0 Å². The summed E-state index contributed by atoms with van der Waals surface area (Å²) in [4.78, 5) is 16.8. The number of aromatic nitrogens is 2. The molecule has 3 rings (SSSR count). The van der Waals surface area contributed by atoms with Crippen molar-refractivity contribution in [3.05, 3.63) is 34.2 Å². The molecular weight excluding hydrogens is 242 g/mol. The Bertz CT molecular complexity index is 610. The van der Waals surface area contributed by atoms with Crippen LogP contribution in [-0.2, 0) is 4.74 Å². The predicted octanol–water partition coefficient (Wildman–Crippen LogP) is 1.69. The summed E-state index contributed by atoms with van der Waals surface area (Å²) in [6.07, 6.45) is 2.13. The second-order valence-corrected chi connectivity index (χ2v) is 5.16. The van der Waals surface area contributed by atoms with Crippen molar-refractivity contribution < 1.29 is 4.74 Å². The number of rotatable bonds is 3. The Hall–Kier alpha value is -1.59. The molecule has 3 N–H and O–H groups in total. The second kappa shape index (κ2) is 5.19. The summed E-state index contributed by atoms with van der Waals surface area (Å²) in [7, 11) is 0. The van der Waals surface area contributed by atoms with Gasteiger partial charge in [-0.25, -0.2) is 4.79 Å². The predicted molar refractivity (Wildman–Crippen MR) is 74.3 cm³/mol. The Morgan fingerprint density at radius 1 is 1.26 bits per heavy atom. The van der Waals surface area contributed by atoms with Crippen molar-refractivity contribution >= 4 is 11.0 Å². The molecule has 1 fully saturated rings. The number of hydrogen-bond acceptors (Lipinski definition) is 3. The van der Waals surface area contributed by atoms with E-state index in [4.69, 9.17) is 4.74 Å². The molecule has 1 saturated heterocycles. The fraction of sp³-hybridized carbons (Fsp3) is 0.500. The molecule has 5 nitrogen and oxygen atoms in total. The van der Waals surface area contributed by atoms with Crippen molar-refractivity contribution in [2.45, 2.75) is 31.8 Å². The zero-order valence-corrected chi connectivity index (χ0v) is 11.0. The van der Waals surface area contributed by atoms with E-state index in [0.717, 1.165) is 37.1 Å². The minimum Gasteiger partial charge on any atom is -0.381 e. The number of nitrogens with one attached hydrogen (secondary N) is 3. The van der Waals surface area contributed by atoms with E-state index in [-0.39, 0.29) is 11.7 Å². The van der Waals surface area contributed by atoms with Crippen LogP contribution in [0.25, 0.3) is 11.0 Å². The Labute approximate surface area is 111 Å². The van der Waals surface area contributed by atoms with Crippen molar-refractivity contribution in [3.8, 4) is 0 Å². The highest BCUT2D eigenvalue weighted by molar-refractivity contribution is 5.75. The quantitative estimate of drug-likeness (QED) is 0.787. The van der Waals surface area contributed by atoms with Gasteiger partial charge in [0.15, 0.2) is 0 Å². The number of imidazole rings is 1. The van der Waals surface area contributed by atoms with Gasteiger partial charge in [0.05, 0.1) is 11.0 Å². The lowest BCUT2D eigenvalue weighted by molar-refractivity contribution is 0.0754. The fourth-order valence-electron chi connectivity index (χ4n) is 2.63. The molecule has 2 heterocycles. The van der Waals surface area contributed by atoms with Gasteiger partial charge in [-0.05, 0) is 37.5 Å². The maximum Gasteiger partial charge on any atom is 0.323 e. The Morgan fingerprint density at radius 3 is 2.79 bits per heavy atom. The molecule has 0 radical (unpaired) electrons. The molecular formula is C14H19N3O2. The van der Waals surface area contributed by atoms with Gasteiger partial charge in [0.25, 0.3) is 0 Å². The molecule has 102 valence electrons. The van der Waals surface area contributed by atoms with Gasteiger partial charge in [-0.1, -0.05) is 6.07 Å². The zero-order valence-electron chi connectivity index (χ0n) is 11.0. The highest BCUT2D eigenvalue weighted by Crippen LogP contribution is 2.19. The summed E-state index contributed by atoms with van der Waals surface area (Å²) in [5, 5.41) is 3.62. The van der Waals surface area contributed by atoms with Gasteiger partial charge in [-0.2, -0.15) is 0 Å².